The maximum atomic E-state index is 11.3. The summed E-state index contributed by atoms with van der Waals surface area (Å²) in [5.74, 6) is -1.46. The molecule has 0 atom stereocenters. The number of carbonyl (C=O) groups is 2. The van der Waals surface area contributed by atoms with Gasteiger partial charge in [0.1, 0.15) is 0 Å². The van der Waals surface area contributed by atoms with Crippen LogP contribution in [0, 0.1) is 11.8 Å². The van der Waals surface area contributed by atoms with Gasteiger partial charge < -0.3 is 19.8 Å². The molecule has 0 saturated heterocycles. The van der Waals surface area contributed by atoms with Gasteiger partial charge in [-0.1, -0.05) is 66.2 Å². The van der Waals surface area contributed by atoms with Crippen molar-refractivity contribution in [3.8, 4) is 0 Å². The molecule has 5 heteroatoms. The molecule has 0 aromatic rings. The Morgan fingerprint density at radius 3 is 1.19 bits per heavy atom. The summed E-state index contributed by atoms with van der Waals surface area (Å²) < 4.78 is 3.30. The van der Waals surface area contributed by atoms with Crippen LogP contribution < -0.4 is 10.2 Å². The van der Waals surface area contributed by atoms with E-state index in [0.29, 0.717) is 24.7 Å². The number of aliphatic carboxylic acids is 2. The first kappa shape index (κ1) is 38.6. The van der Waals surface area contributed by atoms with Gasteiger partial charge in [-0.15, -0.1) is 0 Å². The molecule has 216 valence electrons. The molecule has 0 bridgehead atoms. The number of carboxylic acid groups (broad SMARTS) is 2. The van der Waals surface area contributed by atoms with Crippen molar-refractivity contribution in [2.24, 2.45) is 11.8 Å². The molecule has 0 N–H and O–H groups in total. The average molecular weight is 628 g/mol. The molecule has 0 saturated carbocycles. The van der Waals surface area contributed by atoms with Crippen molar-refractivity contribution >= 4 is 33.1 Å². The average Bonchev–Trinajstić information content (AvgIpc) is 2.83. The SMILES string of the molecule is CC(C)CCCCC/C(C(=O)[O-])=C(\CCCCCC(C)C)C(=O)[O-].CCCCC[CH2][Sn+2][CH2]CCCCC. The first-order valence-corrected chi connectivity index (χ1v) is 19.6. The Kier molecular flexibility index (Phi) is 29.7. The fourth-order valence-corrected chi connectivity index (χ4v) is 7.86. The summed E-state index contributed by atoms with van der Waals surface area (Å²) in [4.78, 5) is 22.7. The van der Waals surface area contributed by atoms with Crippen molar-refractivity contribution in [1.29, 1.82) is 0 Å². The van der Waals surface area contributed by atoms with Crippen molar-refractivity contribution in [3.63, 3.8) is 0 Å². The summed E-state index contributed by atoms with van der Waals surface area (Å²) in [5, 5.41) is 22.7. The quantitative estimate of drug-likeness (QED) is 0.0625. The number of carboxylic acids is 2. The predicted octanol–water partition coefficient (Wildman–Crippen LogP) is 7.68. The van der Waals surface area contributed by atoms with Crippen LogP contribution >= 0.6 is 0 Å². The van der Waals surface area contributed by atoms with Gasteiger partial charge in [0.2, 0.25) is 0 Å². The molecule has 0 heterocycles. The first-order valence-electron chi connectivity index (χ1n) is 15.5. The molecule has 37 heavy (non-hydrogen) atoms. The first-order chi connectivity index (χ1) is 17.7. The summed E-state index contributed by atoms with van der Waals surface area (Å²) in [6.45, 7) is 13.2. The Morgan fingerprint density at radius 2 is 0.892 bits per heavy atom. The third-order valence-electron chi connectivity index (χ3n) is 6.69. The molecule has 0 amide bonds. The summed E-state index contributed by atoms with van der Waals surface area (Å²) in [7, 11) is 0. The van der Waals surface area contributed by atoms with E-state index in [4.69, 9.17) is 0 Å². The third kappa shape index (κ3) is 28.3. The van der Waals surface area contributed by atoms with E-state index in [0.717, 1.165) is 38.5 Å². The second-order valence-corrected chi connectivity index (χ2v) is 15.7. The van der Waals surface area contributed by atoms with Gasteiger partial charge in [0.25, 0.3) is 0 Å². The van der Waals surface area contributed by atoms with E-state index >= 15 is 0 Å². The Morgan fingerprint density at radius 1 is 0.541 bits per heavy atom. The minimum atomic E-state index is -1.36. The topological polar surface area (TPSA) is 80.3 Å². The van der Waals surface area contributed by atoms with Crippen LogP contribution in [0.3, 0.4) is 0 Å². The van der Waals surface area contributed by atoms with Crippen LogP contribution in [-0.4, -0.2) is 33.1 Å². The summed E-state index contributed by atoms with van der Waals surface area (Å²) in [6.07, 6.45) is 19.8. The molecule has 0 radical (unpaired) electrons. The molecule has 0 aliphatic carbocycles. The van der Waals surface area contributed by atoms with Gasteiger partial charge in [-0.25, -0.2) is 0 Å². The Balaban J connectivity index is 0. The molecular weight excluding hydrogens is 567 g/mol. The molecule has 0 spiro atoms. The molecule has 0 rings (SSSR count). The van der Waals surface area contributed by atoms with Crippen LogP contribution in [0.4, 0.5) is 0 Å². The van der Waals surface area contributed by atoms with E-state index in [1.807, 2.05) is 0 Å². The number of hydrogen-bond acceptors (Lipinski definition) is 4. The molecule has 4 nitrogen and oxygen atoms in total. The van der Waals surface area contributed by atoms with E-state index in [-0.39, 0.29) is 45.1 Å². The summed E-state index contributed by atoms with van der Waals surface area (Å²) >= 11 is 0.104. The molecular formula is C32H60O4Sn. The Labute approximate surface area is 241 Å². The third-order valence-corrected chi connectivity index (χ3v) is 10.7. The van der Waals surface area contributed by atoms with Crippen LogP contribution in [0.2, 0.25) is 8.87 Å². The van der Waals surface area contributed by atoms with Gasteiger partial charge in [0.15, 0.2) is 0 Å². The van der Waals surface area contributed by atoms with Gasteiger partial charge in [-0.3, -0.25) is 0 Å². The van der Waals surface area contributed by atoms with Crippen LogP contribution in [-0.2, 0) is 9.59 Å². The van der Waals surface area contributed by atoms with E-state index in [2.05, 4.69) is 41.5 Å². The van der Waals surface area contributed by atoms with E-state index in [9.17, 15) is 19.8 Å². The second kappa shape index (κ2) is 28.5. The van der Waals surface area contributed by atoms with Crippen LogP contribution in [0.25, 0.3) is 0 Å². The van der Waals surface area contributed by atoms with E-state index in [1.165, 1.54) is 38.5 Å². The zero-order chi connectivity index (χ0) is 28.3. The fraction of sp³-hybridized carbons (Fsp3) is 0.875. The van der Waals surface area contributed by atoms with Gasteiger partial charge in [0.05, 0.1) is 11.9 Å². The monoisotopic (exact) mass is 628 g/mol. The zero-order valence-corrected chi connectivity index (χ0v) is 28.3. The molecule has 0 fully saturated rings. The van der Waals surface area contributed by atoms with Crippen LogP contribution in [0.1, 0.15) is 157 Å². The molecule has 0 unspecified atom stereocenters. The molecule has 0 aromatic heterocycles. The van der Waals surface area contributed by atoms with Crippen molar-refractivity contribution < 1.29 is 19.8 Å². The Hall–Kier alpha value is -0.521. The van der Waals surface area contributed by atoms with Crippen molar-refractivity contribution in [3.05, 3.63) is 11.1 Å². The van der Waals surface area contributed by atoms with Crippen LogP contribution in [0.15, 0.2) is 11.1 Å². The van der Waals surface area contributed by atoms with E-state index < -0.39 is 11.9 Å². The fourth-order valence-electron chi connectivity index (χ4n) is 4.29. The van der Waals surface area contributed by atoms with Gasteiger partial charge in [-0.2, -0.15) is 0 Å². The van der Waals surface area contributed by atoms with Crippen molar-refractivity contribution in [2.75, 3.05) is 0 Å². The summed E-state index contributed by atoms with van der Waals surface area (Å²) in [6, 6.07) is 0. The number of hydrogen-bond donors (Lipinski definition) is 0. The van der Waals surface area contributed by atoms with Gasteiger partial charge >= 0.3 is 95.2 Å². The Bertz CT molecular complexity index is 521. The maximum absolute atomic E-state index is 11.3. The van der Waals surface area contributed by atoms with Gasteiger partial charge in [-0.05, 0) is 48.7 Å². The second-order valence-electron chi connectivity index (χ2n) is 11.4. The van der Waals surface area contributed by atoms with Gasteiger partial charge in [0, 0.05) is 0 Å². The summed E-state index contributed by atoms with van der Waals surface area (Å²) in [5.41, 5.74) is -0.133. The molecule has 0 aromatic carbocycles. The predicted molar refractivity (Wildman–Crippen MR) is 157 cm³/mol. The van der Waals surface area contributed by atoms with Crippen LogP contribution in [0.5, 0.6) is 0 Å². The van der Waals surface area contributed by atoms with E-state index in [1.54, 1.807) is 21.7 Å². The number of unbranched alkanes of at least 4 members (excludes halogenated alkanes) is 10. The minimum absolute atomic E-state index is 0.0663. The number of carbonyl (C=O) groups excluding carboxylic acids is 2. The van der Waals surface area contributed by atoms with Crippen molar-refractivity contribution in [1.82, 2.24) is 0 Å². The molecule has 0 aliphatic heterocycles. The number of rotatable bonds is 24. The van der Waals surface area contributed by atoms with Crippen molar-refractivity contribution in [2.45, 2.75) is 166 Å². The zero-order valence-electron chi connectivity index (χ0n) is 25.4. The standard InChI is InChI=1S/C20H36O4.2C6H13.Sn/c1-15(2)11-7-5-9-13-17(19(21)22)18(20(23)24)14-10-6-8-12-16(3)4;2*1-3-5-6-4-2;/h15-16H,5-14H2,1-4H3,(H,21,22)(H,23,24);2*1,3-6H2,2H3;/q;;;+2/p-2/b18-17-;;;. The normalized spacial score (nSPS) is 11.7. The molecule has 0 aliphatic rings.